The SMILES string of the molecule is COCC(CN1CCCC1)OCCCOC(=O)CC(=O)O[C@H]1CC[C@@]2(C)C(=CC[C@H]3[C@@H]4CC[C@H]([C@H](C)CCCC(C)C)[C@@]4(C)CC[C@@H]32)C1. The van der Waals surface area contributed by atoms with E-state index in [9.17, 15) is 9.59 Å². The number of hydrogen-bond acceptors (Lipinski definition) is 7. The fraction of sp³-hybridized carbons (Fsp3) is 0.902. The molecule has 9 atom stereocenters. The van der Waals surface area contributed by atoms with Crippen molar-refractivity contribution in [1.82, 2.24) is 4.90 Å². The molecule has 0 spiro atoms. The first-order chi connectivity index (χ1) is 23.0. The summed E-state index contributed by atoms with van der Waals surface area (Å²) in [6, 6.07) is 0. The molecular weight excluding hydrogens is 602 g/mol. The second kappa shape index (κ2) is 17.2. The minimum absolute atomic E-state index is 0.0211. The van der Waals surface area contributed by atoms with Crippen LogP contribution in [0.25, 0.3) is 0 Å². The van der Waals surface area contributed by atoms with E-state index in [0.29, 0.717) is 25.0 Å². The highest BCUT2D eigenvalue weighted by molar-refractivity contribution is 5.91. The van der Waals surface area contributed by atoms with E-state index in [1.807, 2.05) is 0 Å². The van der Waals surface area contributed by atoms with Gasteiger partial charge >= 0.3 is 11.9 Å². The second-order valence-electron chi connectivity index (χ2n) is 17.4. The van der Waals surface area contributed by atoms with Crippen molar-refractivity contribution < 1.29 is 28.5 Å². The molecule has 274 valence electrons. The van der Waals surface area contributed by atoms with Crippen LogP contribution in [0.1, 0.15) is 131 Å². The van der Waals surface area contributed by atoms with Crippen molar-refractivity contribution in [2.24, 2.45) is 46.3 Å². The maximum atomic E-state index is 12.8. The summed E-state index contributed by atoms with van der Waals surface area (Å²) in [6.07, 6.45) is 18.8. The predicted octanol–water partition coefficient (Wildman–Crippen LogP) is 8.39. The van der Waals surface area contributed by atoms with E-state index in [2.05, 4.69) is 45.6 Å². The summed E-state index contributed by atoms with van der Waals surface area (Å²) in [4.78, 5) is 27.6. The summed E-state index contributed by atoms with van der Waals surface area (Å²) in [5, 5.41) is 0. The first kappa shape index (κ1) is 37.8. The van der Waals surface area contributed by atoms with Gasteiger partial charge in [0.05, 0.1) is 25.9 Å². The average molecular weight is 672 g/mol. The largest absolute Gasteiger partial charge is 0.465 e. The molecule has 5 rings (SSSR count). The van der Waals surface area contributed by atoms with Crippen molar-refractivity contribution in [2.75, 3.05) is 46.6 Å². The van der Waals surface area contributed by atoms with Gasteiger partial charge in [0.15, 0.2) is 0 Å². The van der Waals surface area contributed by atoms with Gasteiger partial charge in [-0.1, -0.05) is 65.5 Å². The maximum Gasteiger partial charge on any atom is 0.317 e. The number of nitrogens with zero attached hydrogens (tertiary/aromatic N) is 1. The zero-order valence-corrected chi connectivity index (χ0v) is 31.4. The quantitative estimate of drug-likeness (QED) is 0.0666. The number of ether oxygens (including phenoxy) is 4. The van der Waals surface area contributed by atoms with Gasteiger partial charge in [-0.05, 0) is 117 Å². The Morgan fingerprint density at radius 3 is 2.48 bits per heavy atom. The lowest BCUT2D eigenvalue weighted by Crippen LogP contribution is -2.51. The van der Waals surface area contributed by atoms with E-state index >= 15 is 0 Å². The molecule has 1 heterocycles. The Morgan fingerprint density at radius 1 is 0.938 bits per heavy atom. The van der Waals surface area contributed by atoms with Crippen LogP contribution >= 0.6 is 0 Å². The van der Waals surface area contributed by atoms with Gasteiger partial charge in [0.2, 0.25) is 0 Å². The highest BCUT2D eigenvalue weighted by atomic mass is 16.6. The van der Waals surface area contributed by atoms with Gasteiger partial charge < -0.3 is 23.8 Å². The molecule has 0 amide bonds. The Kier molecular flexibility index (Phi) is 13.5. The van der Waals surface area contributed by atoms with E-state index in [4.69, 9.17) is 18.9 Å². The highest BCUT2D eigenvalue weighted by Gasteiger charge is 2.59. The van der Waals surface area contributed by atoms with Gasteiger partial charge in [0, 0.05) is 26.5 Å². The van der Waals surface area contributed by atoms with E-state index in [-0.39, 0.29) is 30.7 Å². The summed E-state index contributed by atoms with van der Waals surface area (Å²) < 4.78 is 22.6. The van der Waals surface area contributed by atoms with Crippen LogP contribution in [0.2, 0.25) is 0 Å². The normalized spacial score (nSPS) is 34.6. The number of carbonyl (C=O) groups excluding carboxylic acids is 2. The molecule has 3 saturated carbocycles. The molecule has 0 bridgehead atoms. The van der Waals surface area contributed by atoms with Gasteiger partial charge in [-0.3, -0.25) is 9.59 Å². The topological polar surface area (TPSA) is 74.3 Å². The molecule has 0 aromatic carbocycles. The third-order valence-corrected chi connectivity index (χ3v) is 13.8. The molecule has 1 unspecified atom stereocenters. The summed E-state index contributed by atoms with van der Waals surface area (Å²) in [5.41, 5.74) is 2.21. The van der Waals surface area contributed by atoms with Gasteiger partial charge in [0.25, 0.3) is 0 Å². The highest BCUT2D eigenvalue weighted by Crippen LogP contribution is 2.67. The summed E-state index contributed by atoms with van der Waals surface area (Å²) >= 11 is 0. The zero-order chi connectivity index (χ0) is 34.3. The molecule has 5 aliphatic rings. The van der Waals surface area contributed by atoms with Crippen LogP contribution in [-0.2, 0) is 28.5 Å². The number of likely N-dealkylation sites (tertiary alicyclic amines) is 1. The molecule has 0 aromatic heterocycles. The number of rotatable bonds is 17. The van der Waals surface area contributed by atoms with Crippen molar-refractivity contribution in [3.8, 4) is 0 Å². The van der Waals surface area contributed by atoms with E-state index in [1.165, 1.54) is 69.8 Å². The smallest absolute Gasteiger partial charge is 0.317 e. The molecule has 48 heavy (non-hydrogen) atoms. The van der Waals surface area contributed by atoms with Crippen LogP contribution in [0.5, 0.6) is 0 Å². The van der Waals surface area contributed by atoms with Crippen molar-refractivity contribution in [2.45, 2.75) is 143 Å². The van der Waals surface area contributed by atoms with Crippen LogP contribution in [0, 0.1) is 46.3 Å². The molecule has 0 N–H and O–H groups in total. The number of allylic oxidation sites excluding steroid dienone is 1. The fourth-order valence-corrected chi connectivity index (χ4v) is 11.2. The monoisotopic (exact) mass is 672 g/mol. The summed E-state index contributed by atoms with van der Waals surface area (Å²) in [5.74, 6) is 3.93. The number of carbonyl (C=O) groups is 2. The molecule has 0 aromatic rings. The Balaban J connectivity index is 1.04. The number of fused-ring (bicyclic) bond motifs is 5. The first-order valence-corrected chi connectivity index (χ1v) is 19.9. The average Bonchev–Trinajstić information content (AvgIpc) is 3.68. The van der Waals surface area contributed by atoms with E-state index in [0.717, 1.165) is 74.4 Å². The van der Waals surface area contributed by atoms with Crippen molar-refractivity contribution in [3.05, 3.63) is 11.6 Å². The first-order valence-electron chi connectivity index (χ1n) is 19.9. The number of hydrogen-bond donors (Lipinski definition) is 0. The van der Waals surface area contributed by atoms with Crippen LogP contribution < -0.4 is 0 Å². The molecule has 0 radical (unpaired) electrons. The third kappa shape index (κ3) is 9.07. The molecule has 4 fully saturated rings. The minimum Gasteiger partial charge on any atom is -0.465 e. The van der Waals surface area contributed by atoms with Crippen molar-refractivity contribution in [3.63, 3.8) is 0 Å². The van der Waals surface area contributed by atoms with Crippen LogP contribution in [0.4, 0.5) is 0 Å². The standard InChI is InChI=1S/C41H69NO6/c1-29(2)11-9-12-30(3)35-15-16-36-34-14-13-31-25-32(17-19-40(31,4)37(34)18-20-41(35,36)5)48-39(44)26-38(43)47-24-10-23-46-33(28-45-6)27-42-21-7-8-22-42/h13,29-30,32-37H,7-12,14-28H2,1-6H3/t30-,32+,33?,34+,35-,36+,37+,40+,41-/m1/s1. The molecule has 1 aliphatic heterocycles. The Hall–Kier alpha value is -1.44. The van der Waals surface area contributed by atoms with Crippen LogP contribution in [0.15, 0.2) is 11.6 Å². The summed E-state index contributed by atoms with van der Waals surface area (Å²) in [7, 11) is 1.69. The second-order valence-corrected chi connectivity index (χ2v) is 17.4. The maximum absolute atomic E-state index is 12.8. The molecule has 7 nitrogen and oxygen atoms in total. The Labute approximate surface area is 292 Å². The Bertz CT molecular complexity index is 1080. The lowest BCUT2D eigenvalue weighted by Gasteiger charge is -2.58. The fourth-order valence-electron chi connectivity index (χ4n) is 11.2. The zero-order valence-electron chi connectivity index (χ0n) is 31.4. The lowest BCUT2D eigenvalue weighted by molar-refractivity contribution is -0.159. The number of methoxy groups -OCH3 is 1. The predicted molar refractivity (Wildman–Crippen MR) is 190 cm³/mol. The van der Waals surface area contributed by atoms with Gasteiger partial charge in [-0.25, -0.2) is 0 Å². The Morgan fingerprint density at radius 2 is 1.73 bits per heavy atom. The number of esters is 2. The van der Waals surface area contributed by atoms with Crippen LogP contribution in [0.3, 0.4) is 0 Å². The lowest BCUT2D eigenvalue weighted by atomic mass is 9.47. The molecule has 7 heteroatoms. The van der Waals surface area contributed by atoms with Gasteiger partial charge in [0.1, 0.15) is 12.5 Å². The van der Waals surface area contributed by atoms with Crippen molar-refractivity contribution in [1.29, 1.82) is 0 Å². The van der Waals surface area contributed by atoms with Gasteiger partial charge in [-0.2, -0.15) is 0 Å². The minimum atomic E-state index is -0.514. The third-order valence-electron chi connectivity index (χ3n) is 13.8. The van der Waals surface area contributed by atoms with Crippen molar-refractivity contribution >= 4 is 11.9 Å². The van der Waals surface area contributed by atoms with E-state index in [1.54, 1.807) is 7.11 Å². The van der Waals surface area contributed by atoms with Crippen LogP contribution in [-0.4, -0.2) is 75.6 Å². The molecule has 1 saturated heterocycles. The summed E-state index contributed by atoms with van der Waals surface area (Å²) in [6.45, 7) is 16.8. The van der Waals surface area contributed by atoms with Gasteiger partial charge in [-0.15, -0.1) is 0 Å². The molecule has 4 aliphatic carbocycles. The van der Waals surface area contributed by atoms with E-state index < -0.39 is 11.9 Å². The molecular formula is C41H69NO6.